The normalized spacial score (nSPS) is 12.1. The predicted molar refractivity (Wildman–Crippen MR) is 55.2 cm³/mol. The van der Waals surface area contributed by atoms with Crippen LogP contribution in [-0.4, -0.2) is 25.8 Å². The Balaban J connectivity index is 2.99. The Hall–Kier alpha value is -2.12. The molecule has 2 aromatic heterocycles. The Labute approximate surface area is 98.9 Å². The standard InChI is InChI=1S/C10H8F3N3O2/c1-4-6-7(10(11,12)13)5(9(17)18)3-14-8(6)16(2)15-4/h3H,1-2H3,(H,17,18). The molecular weight excluding hydrogens is 251 g/mol. The summed E-state index contributed by atoms with van der Waals surface area (Å²) in [5.41, 5.74) is -1.98. The molecule has 18 heavy (non-hydrogen) atoms. The van der Waals surface area contributed by atoms with Crippen LogP contribution in [0.15, 0.2) is 6.20 Å². The van der Waals surface area contributed by atoms with Crippen molar-refractivity contribution in [1.29, 1.82) is 0 Å². The molecule has 0 spiro atoms. The number of rotatable bonds is 1. The number of carbonyl (C=O) groups is 1. The first-order chi connectivity index (χ1) is 8.23. The van der Waals surface area contributed by atoms with Crippen molar-refractivity contribution in [3.63, 3.8) is 0 Å². The highest BCUT2D eigenvalue weighted by molar-refractivity contribution is 5.96. The van der Waals surface area contributed by atoms with Crippen LogP contribution in [0.5, 0.6) is 0 Å². The van der Waals surface area contributed by atoms with Gasteiger partial charge in [-0.05, 0) is 6.92 Å². The molecule has 96 valence electrons. The summed E-state index contributed by atoms with van der Waals surface area (Å²) in [6.45, 7) is 1.38. The molecule has 0 radical (unpaired) electrons. The van der Waals surface area contributed by atoms with Crippen LogP contribution in [0.25, 0.3) is 11.0 Å². The molecule has 5 nitrogen and oxygen atoms in total. The van der Waals surface area contributed by atoms with Crippen LogP contribution in [0.2, 0.25) is 0 Å². The number of pyridine rings is 1. The summed E-state index contributed by atoms with van der Waals surface area (Å²) in [6, 6.07) is 0. The summed E-state index contributed by atoms with van der Waals surface area (Å²) < 4.78 is 40.2. The van der Waals surface area contributed by atoms with Gasteiger partial charge in [-0.2, -0.15) is 18.3 Å². The van der Waals surface area contributed by atoms with Gasteiger partial charge >= 0.3 is 12.1 Å². The van der Waals surface area contributed by atoms with E-state index in [0.29, 0.717) is 6.20 Å². The number of halogens is 3. The fraction of sp³-hybridized carbons (Fsp3) is 0.300. The van der Waals surface area contributed by atoms with Crippen LogP contribution in [-0.2, 0) is 13.2 Å². The average Bonchev–Trinajstić information content (AvgIpc) is 2.52. The lowest BCUT2D eigenvalue weighted by Crippen LogP contribution is -2.14. The van der Waals surface area contributed by atoms with Gasteiger partial charge in [0.1, 0.15) is 0 Å². The number of fused-ring (bicyclic) bond motifs is 1. The molecule has 0 aliphatic rings. The monoisotopic (exact) mass is 259 g/mol. The lowest BCUT2D eigenvalue weighted by atomic mass is 10.0. The molecule has 0 bridgehead atoms. The minimum atomic E-state index is -4.78. The van der Waals surface area contributed by atoms with E-state index in [1.54, 1.807) is 0 Å². The van der Waals surface area contributed by atoms with Gasteiger partial charge in [-0.25, -0.2) is 9.78 Å². The van der Waals surface area contributed by atoms with E-state index < -0.39 is 23.3 Å². The van der Waals surface area contributed by atoms with Crippen molar-refractivity contribution in [2.24, 2.45) is 7.05 Å². The highest BCUT2D eigenvalue weighted by atomic mass is 19.4. The second-order valence-electron chi connectivity index (χ2n) is 3.76. The van der Waals surface area contributed by atoms with Crippen molar-refractivity contribution >= 4 is 17.0 Å². The topological polar surface area (TPSA) is 68.0 Å². The van der Waals surface area contributed by atoms with Gasteiger partial charge in [0.25, 0.3) is 0 Å². The molecule has 2 heterocycles. The van der Waals surface area contributed by atoms with Gasteiger partial charge in [0.2, 0.25) is 0 Å². The molecule has 8 heteroatoms. The molecule has 0 amide bonds. The van der Waals surface area contributed by atoms with E-state index in [0.717, 1.165) is 0 Å². The van der Waals surface area contributed by atoms with Crippen molar-refractivity contribution in [2.75, 3.05) is 0 Å². The highest BCUT2D eigenvalue weighted by Crippen LogP contribution is 2.37. The Morgan fingerprint density at radius 3 is 2.56 bits per heavy atom. The number of hydrogen-bond acceptors (Lipinski definition) is 3. The Morgan fingerprint density at radius 1 is 1.44 bits per heavy atom. The Kier molecular flexibility index (Phi) is 2.53. The summed E-state index contributed by atoms with van der Waals surface area (Å²) >= 11 is 0. The van der Waals surface area contributed by atoms with E-state index in [1.807, 2.05) is 0 Å². The molecule has 0 saturated carbocycles. The number of aromatic nitrogens is 3. The third kappa shape index (κ3) is 1.69. The largest absolute Gasteiger partial charge is 0.478 e. The van der Waals surface area contributed by atoms with Gasteiger partial charge in [-0.3, -0.25) is 4.68 Å². The number of aromatic carboxylic acids is 1. The zero-order valence-corrected chi connectivity index (χ0v) is 9.41. The molecule has 0 aliphatic carbocycles. The van der Waals surface area contributed by atoms with E-state index in [1.165, 1.54) is 18.7 Å². The van der Waals surface area contributed by atoms with E-state index in [2.05, 4.69) is 10.1 Å². The third-order valence-corrected chi connectivity index (χ3v) is 2.54. The second kappa shape index (κ2) is 3.69. The first kappa shape index (κ1) is 12.3. The van der Waals surface area contributed by atoms with Crippen LogP contribution in [0.3, 0.4) is 0 Å². The molecular formula is C10H8F3N3O2. The van der Waals surface area contributed by atoms with Gasteiger partial charge in [0.15, 0.2) is 5.65 Å². The van der Waals surface area contributed by atoms with Crippen LogP contribution in [0.4, 0.5) is 13.2 Å². The van der Waals surface area contributed by atoms with Gasteiger partial charge in [0.05, 0.1) is 22.2 Å². The average molecular weight is 259 g/mol. The maximum Gasteiger partial charge on any atom is 0.418 e. The highest BCUT2D eigenvalue weighted by Gasteiger charge is 2.39. The predicted octanol–water partition coefficient (Wildman–Crippen LogP) is 1.99. The minimum Gasteiger partial charge on any atom is -0.478 e. The van der Waals surface area contributed by atoms with E-state index in [9.17, 15) is 18.0 Å². The molecule has 1 N–H and O–H groups in total. The van der Waals surface area contributed by atoms with E-state index in [-0.39, 0.29) is 16.7 Å². The summed E-state index contributed by atoms with van der Waals surface area (Å²) in [7, 11) is 1.45. The van der Waals surface area contributed by atoms with Crippen molar-refractivity contribution in [1.82, 2.24) is 14.8 Å². The fourth-order valence-electron chi connectivity index (χ4n) is 1.87. The van der Waals surface area contributed by atoms with Crippen LogP contribution in [0, 0.1) is 6.92 Å². The third-order valence-electron chi connectivity index (χ3n) is 2.54. The summed E-state index contributed by atoms with van der Waals surface area (Å²) in [6.07, 6.45) is -4.07. The fourth-order valence-corrected chi connectivity index (χ4v) is 1.87. The summed E-state index contributed by atoms with van der Waals surface area (Å²) in [5, 5.41) is 12.4. The van der Waals surface area contributed by atoms with Gasteiger partial charge < -0.3 is 5.11 Å². The summed E-state index contributed by atoms with van der Waals surface area (Å²) in [4.78, 5) is 14.6. The number of aryl methyl sites for hydroxylation is 2. The molecule has 0 fully saturated rings. The van der Waals surface area contributed by atoms with E-state index >= 15 is 0 Å². The molecule has 2 rings (SSSR count). The first-order valence-corrected chi connectivity index (χ1v) is 4.86. The first-order valence-electron chi connectivity index (χ1n) is 4.86. The lowest BCUT2D eigenvalue weighted by Gasteiger charge is -2.11. The molecule has 0 saturated heterocycles. The molecule has 2 aromatic rings. The number of alkyl halides is 3. The van der Waals surface area contributed by atoms with Crippen molar-refractivity contribution < 1.29 is 23.1 Å². The maximum absolute atomic E-state index is 13.0. The number of carboxylic acids is 1. The van der Waals surface area contributed by atoms with Gasteiger partial charge in [0, 0.05) is 13.2 Å². The molecule has 0 aromatic carbocycles. The Bertz CT molecular complexity index is 646. The molecule has 0 unspecified atom stereocenters. The van der Waals surface area contributed by atoms with Gasteiger partial charge in [-0.15, -0.1) is 0 Å². The number of nitrogens with zero attached hydrogens (tertiary/aromatic N) is 3. The maximum atomic E-state index is 13.0. The lowest BCUT2D eigenvalue weighted by molar-refractivity contribution is -0.136. The zero-order chi connectivity index (χ0) is 13.7. The number of hydrogen-bond donors (Lipinski definition) is 1. The minimum absolute atomic E-state index is 0.00447. The summed E-state index contributed by atoms with van der Waals surface area (Å²) in [5.74, 6) is -1.67. The van der Waals surface area contributed by atoms with Crippen molar-refractivity contribution in [3.05, 3.63) is 23.0 Å². The second-order valence-corrected chi connectivity index (χ2v) is 3.76. The molecule has 0 aliphatic heterocycles. The quantitative estimate of drug-likeness (QED) is 0.850. The van der Waals surface area contributed by atoms with E-state index in [4.69, 9.17) is 5.11 Å². The van der Waals surface area contributed by atoms with Crippen molar-refractivity contribution in [2.45, 2.75) is 13.1 Å². The van der Waals surface area contributed by atoms with Gasteiger partial charge in [-0.1, -0.05) is 0 Å². The Morgan fingerprint density at radius 2 is 2.06 bits per heavy atom. The zero-order valence-electron chi connectivity index (χ0n) is 9.41. The smallest absolute Gasteiger partial charge is 0.418 e. The SMILES string of the molecule is Cc1nn(C)c2ncc(C(=O)O)c(C(F)(F)F)c12. The van der Waals surface area contributed by atoms with Crippen LogP contribution in [0.1, 0.15) is 21.6 Å². The van der Waals surface area contributed by atoms with Crippen LogP contribution >= 0.6 is 0 Å². The van der Waals surface area contributed by atoms with Crippen molar-refractivity contribution in [3.8, 4) is 0 Å². The number of carboxylic acid groups (broad SMARTS) is 1. The van der Waals surface area contributed by atoms with Crippen LogP contribution < -0.4 is 0 Å². The molecule has 0 atom stereocenters.